The number of hydrogen-bond acceptors (Lipinski definition) is 7. The van der Waals surface area contributed by atoms with Crippen LogP contribution in [0.3, 0.4) is 0 Å². The summed E-state index contributed by atoms with van der Waals surface area (Å²) in [5.41, 5.74) is 5.80. The van der Waals surface area contributed by atoms with E-state index in [1.165, 1.54) is 0 Å². The number of esters is 2. The van der Waals surface area contributed by atoms with Gasteiger partial charge in [-0.1, -0.05) is 6.92 Å². The van der Waals surface area contributed by atoms with Crippen molar-refractivity contribution in [2.45, 2.75) is 59.0 Å². The number of fused-ring (bicyclic) bond motifs is 1. The first kappa shape index (κ1) is 21.4. The molecule has 0 saturated carbocycles. The van der Waals surface area contributed by atoms with Gasteiger partial charge in [-0.05, 0) is 44.4 Å². The van der Waals surface area contributed by atoms with Gasteiger partial charge in [0.2, 0.25) is 0 Å². The Bertz CT molecular complexity index is 913. The molecule has 2 aromatic rings. The molecule has 8 nitrogen and oxygen atoms in total. The van der Waals surface area contributed by atoms with Gasteiger partial charge < -0.3 is 19.2 Å². The minimum absolute atomic E-state index is 0.0863. The second-order valence-corrected chi connectivity index (χ2v) is 7.33. The van der Waals surface area contributed by atoms with E-state index in [4.69, 9.17) is 19.9 Å². The molecule has 1 aromatic heterocycles. The Morgan fingerprint density at radius 3 is 2.54 bits per heavy atom. The van der Waals surface area contributed by atoms with E-state index in [1.54, 1.807) is 52.0 Å². The Morgan fingerprint density at radius 1 is 1.18 bits per heavy atom. The van der Waals surface area contributed by atoms with Gasteiger partial charge in [-0.2, -0.15) is 0 Å². The molecule has 3 N–H and O–H groups in total. The van der Waals surface area contributed by atoms with Crippen molar-refractivity contribution in [2.75, 3.05) is 0 Å². The van der Waals surface area contributed by atoms with Crippen LogP contribution in [-0.2, 0) is 25.7 Å². The molecule has 1 heterocycles. The number of aromatic amines is 1. The first-order valence-electron chi connectivity index (χ1n) is 9.03. The lowest BCUT2D eigenvalue weighted by molar-refractivity contribution is -0.156. The molecule has 28 heavy (non-hydrogen) atoms. The van der Waals surface area contributed by atoms with Gasteiger partial charge >= 0.3 is 11.9 Å². The quantitative estimate of drug-likeness (QED) is 0.550. The van der Waals surface area contributed by atoms with Crippen LogP contribution < -0.4 is 16.0 Å². The van der Waals surface area contributed by atoms with Crippen LogP contribution >= 0.6 is 0 Å². The molecule has 0 spiro atoms. The van der Waals surface area contributed by atoms with Crippen molar-refractivity contribution in [3.63, 3.8) is 0 Å². The zero-order valence-electron chi connectivity index (χ0n) is 16.5. The van der Waals surface area contributed by atoms with Crippen molar-refractivity contribution in [3.05, 3.63) is 40.2 Å². The van der Waals surface area contributed by atoms with Gasteiger partial charge in [0.1, 0.15) is 18.0 Å². The van der Waals surface area contributed by atoms with Crippen LogP contribution in [0.2, 0.25) is 0 Å². The molecule has 0 aliphatic rings. The third-order valence-corrected chi connectivity index (χ3v) is 3.65. The minimum atomic E-state index is -0.883. The zero-order chi connectivity index (χ0) is 20.9. The fourth-order valence-corrected chi connectivity index (χ4v) is 2.43. The average molecular weight is 390 g/mol. The number of carbonyl (C=O) groups is 2. The second kappa shape index (κ2) is 8.88. The molecule has 0 amide bonds. The smallest absolute Gasteiger partial charge is 0.311 e. The Kier molecular flexibility index (Phi) is 6.80. The Labute approximate surface area is 163 Å². The third kappa shape index (κ3) is 6.38. The number of H-pyrrole nitrogens is 1. The van der Waals surface area contributed by atoms with E-state index < -0.39 is 17.8 Å². The van der Waals surface area contributed by atoms with Crippen molar-refractivity contribution in [2.24, 2.45) is 5.73 Å². The minimum Gasteiger partial charge on any atom is -0.475 e. The fraction of sp³-hybridized carbons (Fsp3) is 0.450. The molecule has 0 fully saturated rings. The summed E-state index contributed by atoms with van der Waals surface area (Å²) >= 11 is 0. The van der Waals surface area contributed by atoms with Crippen LogP contribution in [0.25, 0.3) is 10.9 Å². The molecule has 1 aromatic carbocycles. The lowest BCUT2D eigenvalue weighted by atomic mass is 10.1. The topological polar surface area (TPSA) is 121 Å². The lowest BCUT2D eigenvalue weighted by Gasteiger charge is -2.21. The molecule has 1 unspecified atom stereocenters. The summed E-state index contributed by atoms with van der Waals surface area (Å²) in [7, 11) is 0. The zero-order valence-corrected chi connectivity index (χ0v) is 16.5. The molecule has 8 heteroatoms. The SMILES string of the molecule is CCC(=O)OCc1cc2ccc(OC(N)CC(=O)OC(C)(C)C)cc2[nH]c1=O. The number of nitrogens with one attached hydrogen (secondary N) is 1. The lowest BCUT2D eigenvalue weighted by Crippen LogP contribution is -2.33. The van der Waals surface area contributed by atoms with Crippen LogP contribution in [0.15, 0.2) is 29.1 Å². The van der Waals surface area contributed by atoms with Gasteiger partial charge in [-0.25, -0.2) is 0 Å². The summed E-state index contributed by atoms with van der Waals surface area (Å²) in [5, 5.41) is 0.746. The highest BCUT2D eigenvalue weighted by Crippen LogP contribution is 2.20. The molecule has 0 saturated heterocycles. The molecular weight excluding hydrogens is 364 g/mol. The van der Waals surface area contributed by atoms with Crippen molar-refractivity contribution in [3.8, 4) is 5.75 Å². The van der Waals surface area contributed by atoms with Crippen molar-refractivity contribution in [1.29, 1.82) is 0 Å². The second-order valence-electron chi connectivity index (χ2n) is 7.33. The number of carbonyl (C=O) groups excluding carboxylic acids is 2. The van der Waals surface area contributed by atoms with Gasteiger partial charge in [0.15, 0.2) is 6.23 Å². The number of pyridine rings is 1. The number of hydrogen-bond donors (Lipinski definition) is 2. The molecule has 1 atom stereocenters. The van der Waals surface area contributed by atoms with E-state index >= 15 is 0 Å². The molecule has 2 rings (SSSR count). The number of aromatic nitrogens is 1. The monoisotopic (exact) mass is 390 g/mol. The molecule has 0 aliphatic carbocycles. The summed E-state index contributed by atoms with van der Waals surface area (Å²) in [6.45, 7) is 6.91. The summed E-state index contributed by atoms with van der Waals surface area (Å²) in [5.74, 6) is -0.424. The fourth-order valence-electron chi connectivity index (χ4n) is 2.43. The average Bonchev–Trinajstić information content (AvgIpc) is 2.57. The maximum Gasteiger partial charge on any atom is 0.311 e. The summed E-state index contributed by atoms with van der Waals surface area (Å²) in [6.07, 6.45) is -0.740. The van der Waals surface area contributed by atoms with E-state index in [-0.39, 0.29) is 31.0 Å². The van der Waals surface area contributed by atoms with E-state index in [0.717, 1.165) is 5.39 Å². The normalized spacial score (nSPS) is 12.5. The maximum atomic E-state index is 12.2. The number of rotatable bonds is 7. The van der Waals surface area contributed by atoms with E-state index in [9.17, 15) is 14.4 Å². The standard InChI is InChI=1S/C20H26N2O6/c1-5-17(23)26-11-13-8-12-6-7-14(9-15(12)22-19(13)25)27-16(21)10-18(24)28-20(2,3)4/h6-9,16H,5,10-11,21H2,1-4H3,(H,22,25). The highest BCUT2D eigenvalue weighted by atomic mass is 16.6. The molecular formula is C20H26N2O6. The largest absolute Gasteiger partial charge is 0.475 e. The molecule has 0 bridgehead atoms. The van der Waals surface area contributed by atoms with Gasteiger partial charge in [-0.15, -0.1) is 0 Å². The van der Waals surface area contributed by atoms with E-state index in [0.29, 0.717) is 16.8 Å². The van der Waals surface area contributed by atoms with Crippen LogP contribution in [0.4, 0.5) is 0 Å². The Hall–Kier alpha value is -2.87. The van der Waals surface area contributed by atoms with E-state index in [2.05, 4.69) is 4.98 Å². The first-order chi connectivity index (χ1) is 13.1. The van der Waals surface area contributed by atoms with Crippen molar-refractivity contribution >= 4 is 22.8 Å². The van der Waals surface area contributed by atoms with Crippen molar-refractivity contribution in [1.82, 2.24) is 4.98 Å². The maximum absolute atomic E-state index is 12.2. The van der Waals surface area contributed by atoms with Crippen molar-refractivity contribution < 1.29 is 23.8 Å². The van der Waals surface area contributed by atoms with Crippen LogP contribution in [0.1, 0.15) is 46.1 Å². The van der Waals surface area contributed by atoms with Gasteiger partial charge in [-0.3, -0.25) is 20.1 Å². The highest BCUT2D eigenvalue weighted by Gasteiger charge is 2.19. The van der Waals surface area contributed by atoms with Crippen LogP contribution in [0, 0.1) is 0 Å². The van der Waals surface area contributed by atoms with Gasteiger partial charge in [0.25, 0.3) is 5.56 Å². The first-order valence-corrected chi connectivity index (χ1v) is 9.03. The number of ether oxygens (including phenoxy) is 3. The number of nitrogens with two attached hydrogens (primary N) is 1. The summed E-state index contributed by atoms with van der Waals surface area (Å²) in [6, 6.07) is 6.69. The summed E-state index contributed by atoms with van der Waals surface area (Å²) in [4.78, 5) is 38.0. The van der Waals surface area contributed by atoms with Crippen LogP contribution in [-0.4, -0.2) is 28.8 Å². The van der Waals surface area contributed by atoms with Gasteiger partial charge in [0.05, 0.1) is 17.5 Å². The number of benzene rings is 1. The predicted molar refractivity (Wildman–Crippen MR) is 104 cm³/mol. The van der Waals surface area contributed by atoms with Gasteiger partial charge in [0, 0.05) is 12.5 Å². The molecule has 0 aliphatic heterocycles. The van der Waals surface area contributed by atoms with Crippen LogP contribution in [0.5, 0.6) is 5.75 Å². The Balaban J connectivity index is 2.08. The molecule has 0 radical (unpaired) electrons. The molecule has 152 valence electrons. The highest BCUT2D eigenvalue weighted by molar-refractivity contribution is 5.80. The Morgan fingerprint density at radius 2 is 1.89 bits per heavy atom. The van der Waals surface area contributed by atoms with E-state index in [1.807, 2.05) is 0 Å². The third-order valence-electron chi connectivity index (χ3n) is 3.65. The predicted octanol–water partition coefficient (Wildman–Crippen LogP) is 2.38. The summed E-state index contributed by atoms with van der Waals surface area (Å²) < 4.78 is 15.8.